The summed E-state index contributed by atoms with van der Waals surface area (Å²) in [6.45, 7) is -0.463. The van der Waals surface area contributed by atoms with Crippen LogP contribution in [0.5, 0.6) is 0 Å². The van der Waals surface area contributed by atoms with Gasteiger partial charge in [-0.1, -0.05) is 18.2 Å². The van der Waals surface area contributed by atoms with Gasteiger partial charge >= 0.3 is 12.0 Å². The van der Waals surface area contributed by atoms with Gasteiger partial charge in [-0.15, -0.1) is 0 Å². The number of aromatic nitrogens is 1. The molecule has 3 amide bonds. The maximum absolute atomic E-state index is 12.4. The fraction of sp³-hybridized carbons (Fsp3) is 0.522. The van der Waals surface area contributed by atoms with Gasteiger partial charge in [-0.2, -0.15) is 0 Å². The molecule has 3 N–H and O–H groups in total. The van der Waals surface area contributed by atoms with Crippen LogP contribution < -0.4 is 10.6 Å². The second-order valence-electron chi connectivity index (χ2n) is 9.40. The van der Waals surface area contributed by atoms with Crippen LogP contribution in [0.4, 0.5) is 4.79 Å². The van der Waals surface area contributed by atoms with Crippen molar-refractivity contribution in [3.05, 3.63) is 36.0 Å². The molecule has 0 aliphatic heterocycles. The first-order chi connectivity index (χ1) is 14.5. The van der Waals surface area contributed by atoms with Gasteiger partial charge in [-0.05, 0) is 67.9 Å². The van der Waals surface area contributed by atoms with E-state index >= 15 is 0 Å². The van der Waals surface area contributed by atoms with Crippen molar-refractivity contribution in [2.75, 3.05) is 6.61 Å². The number of fused-ring (bicyclic) bond motifs is 1. The molecule has 7 heteroatoms. The van der Waals surface area contributed by atoms with Crippen molar-refractivity contribution in [2.45, 2.75) is 50.5 Å². The Morgan fingerprint density at radius 3 is 2.40 bits per heavy atom. The summed E-state index contributed by atoms with van der Waals surface area (Å²) < 4.78 is 5.08. The highest BCUT2D eigenvalue weighted by Gasteiger charge is 2.51. The van der Waals surface area contributed by atoms with E-state index in [0.29, 0.717) is 17.8 Å². The number of carbonyl (C=O) groups excluding carboxylic acids is 3. The summed E-state index contributed by atoms with van der Waals surface area (Å²) in [5, 5.41) is 6.36. The number of para-hydroxylation sites is 1. The Morgan fingerprint density at radius 2 is 1.70 bits per heavy atom. The maximum Gasteiger partial charge on any atom is 0.321 e. The minimum Gasteiger partial charge on any atom is -0.455 e. The van der Waals surface area contributed by atoms with Gasteiger partial charge in [0.05, 0.1) is 6.42 Å². The number of aromatic amines is 1. The number of H-pyrrole nitrogens is 1. The number of rotatable bonds is 5. The standard InChI is InChI=1S/C23H27N3O4/c27-20(13-30-21(28)8-17-12-24-19-4-2-1-3-18(17)19)25-22(29)26-23-9-14-5-15(10-23)7-16(6-14)11-23/h1-4,12,14-16,24H,5-11,13H2,(H2,25,26,27,29). The van der Waals surface area contributed by atoms with Crippen molar-refractivity contribution >= 4 is 28.8 Å². The Balaban J connectivity index is 1.09. The topological polar surface area (TPSA) is 100 Å². The maximum atomic E-state index is 12.4. The first-order valence-corrected chi connectivity index (χ1v) is 10.8. The van der Waals surface area contributed by atoms with E-state index in [0.717, 1.165) is 35.7 Å². The van der Waals surface area contributed by atoms with E-state index in [1.807, 2.05) is 24.3 Å². The number of amides is 3. The third-order valence-electron chi connectivity index (χ3n) is 7.04. The number of urea groups is 1. The third-order valence-corrected chi connectivity index (χ3v) is 7.04. The van der Waals surface area contributed by atoms with Crippen LogP contribution in [0.3, 0.4) is 0 Å². The molecule has 4 saturated carbocycles. The van der Waals surface area contributed by atoms with E-state index < -0.39 is 24.5 Å². The molecular weight excluding hydrogens is 382 g/mol. The van der Waals surface area contributed by atoms with Crippen molar-refractivity contribution in [1.82, 2.24) is 15.6 Å². The van der Waals surface area contributed by atoms with Crippen LogP contribution in [0.1, 0.15) is 44.1 Å². The van der Waals surface area contributed by atoms with Crippen LogP contribution in [0, 0.1) is 17.8 Å². The molecule has 0 saturated heterocycles. The minimum absolute atomic E-state index is 0.0662. The Hall–Kier alpha value is -2.83. The number of esters is 1. The molecule has 1 aromatic heterocycles. The predicted molar refractivity (Wildman–Crippen MR) is 111 cm³/mol. The van der Waals surface area contributed by atoms with Gasteiger partial charge in [0.15, 0.2) is 6.61 Å². The van der Waals surface area contributed by atoms with Crippen LogP contribution in [-0.4, -0.2) is 35.0 Å². The van der Waals surface area contributed by atoms with E-state index in [9.17, 15) is 14.4 Å². The lowest BCUT2D eigenvalue weighted by atomic mass is 9.53. The number of hydrogen-bond acceptors (Lipinski definition) is 4. The first-order valence-electron chi connectivity index (χ1n) is 10.8. The predicted octanol–water partition coefficient (Wildman–Crippen LogP) is 3.05. The van der Waals surface area contributed by atoms with Gasteiger partial charge in [-0.3, -0.25) is 14.9 Å². The number of nitrogens with one attached hydrogen (secondary N) is 3. The fourth-order valence-electron chi connectivity index (χ4n) is 6.33. The van der Waals surface area contributed by atoms with Crippen molar-refractivity contribution in [3.63, 3.8) is 0 Å². The van der Waals surface area contributed by atoms with Gasteiger partial charge in [-0.25, -0.2) is 4.79 Å². The Morgan fingerprint density at radius 1 is 1.03 bits per heavy atom. The zero-order valence-corrected chi connectivity index (χ0v) is 16.9. The largest absolute Gasteiger partial charge is 0.455 e. The van der Waals surface area contributed by atoms with E-state index in [1.54, 1.807) is 6.20 Å². The molecule has 1 heterocycles. The number of hydrogen-bond donors (Lipinski definition) is 3. The lowest BCUT2D eigenvalue weighted by Gasteiger charge is -2.56. The van der Waals surface area contributed by atoms with Crippen LogP contribution >= 0.6 is 0 Å². The van der Waals surface area contributed by atoms with Gasteiger partial charge < -0.3 is 15.0 Å². The molecule has 1 aromatic carbocycles. The summed E-state index contributed by atoms with van der Waals surface area (Å²) in [6.07, 6.45) is 8.73. The molecule has 0 atom stereocenters. The minimum atomic E-state index is -0.607. The molecule has 30 heavy (non-hydrogen) atoms. The SMILES string of the molecule is O=C(COC(=O)Cc1c[nH]c2ccccc12)NC(=O)NC12CC3CC(CC(C3)C1)C2. The molecular formula is C23H27N3O4. The molecule has 4 fully saturated rings. The molecule has 4 aliphatic carbocycles. The highest BCUT2D eigenvalue weighted by Crippen LogP contribution is 2.55. The molecule has 2 aromatic rings. The monoisotopic (exact) mass is 409 g/mol. The molecule has 4 bridgehead atoms. The molecule has 0 radical (unpaired) electrons. The van der Waals surface area contributed by atoms with Gasteiger partial charge in [0, 0.05) is 22.6 Å². The second-order valence-corrected chi connectivity index (χ2v) is 9.40. The molecule has 0 spiro atoms. The Bertz CT molecular complexity index is 960. The Labute approximate surface area is 174 Å². The van der Waals surface area contributed by atoms with Crippen LogP contribution in [0.15, 0.2) is 30.5 Å². The number of imide groups is 1. The van der Waals surface area contributed by atoms with Gasteiger partial charge in [0.1, 0.15) is 0 Å². The summed E-state index contributed by atoms with van der Waals surface area (Å²) in [5.41, 5.74) is 1.60. The number of benzene rings is 1. The third kappa shape index (κ3) is 3.80. The second kappa shape index (κ2) is 7.45. The summed E-state index contributed by atoms with van der Waals surface area (Å²) in [6, 6.07) is 7.20. The highest BCUT2D eigenvalue weighted by molar-refractivity contribution is 5.96. The van der Waals surface area contributed by atoms with E-state index in [1.165, 1.54) is 19.3 Å². The van der Waals surface area contributed by atoms with Crippen molar-refractivity contribution in [2.24, 2.45) is 17.8 Å². The lowest BCUT2D eigenvalue weighted by Crippen LogP contribution is -2.62. The summed E-state index contributed by atoms with van der Waals surface area (Å²) in [7, 11) is 0. The lowest BCUT2D eigenvalue weighted by molar-refractivity contribution is -0.147. The van der Waals surface area contributed by atoms with Crippen molar-refractivity contribution < 1.29 is 19.1 Å². The van der Waals surface area contributed by atoms with Crippen LogP contribution in [0.25, 0.3) is 10.9 Å². The summed E-state index contributed by atoms with van der Waals surface area (Å²) in [4.78, 5) is 39.7. The quantitative estimate of drug-likeness (QED) is 0.661. The number of carbonyl (C=O) groups is 3. The normalized spacial score (nSPS) is 29.0. The van der Waals surface area contributed by atoms with E-state index in [-0.39, 0.29) is 12.0 Å². The van der Waals surface area contributed by atoms with E-state index in [4.69, 9.17) is 4.74 Å². The highest BCUT2D eigenvalue weighted by atomic mass is 16.5. The van der Waals surface area contributed by atoms with E-state index in [2.05, 4.69) is 15.6 Å². The molecule has 4 aliphatic rings. The zero-order valence-electron chi connectivity index (χ0n) is 16.9. The van der Waals surface area contributed by atoms with Crippen molar-refractivity contribution in [1.29, 1.82) is 0 Å². The first kappa shape index (κ1) is 19.2. The van der Waals surface area contributed by atoms with Gasteiger partial charge in [0.25, 0.3) is 5.91 Å². The van der Waals surface area contributed by atoms with Gasteiger partial charge in [0.2, 0.25) is 0 Å². The summed E-state index contributed by atoms with van der Waals surface area (Å²) in [5.74, 6) is 1.01. The fourth-order valence-corrected chi connectivity index (χ4v) is 6.33. The average Bonchev–Trinajstić information content (AvgIpc) is 3.08. The van der Waals surface area contributed by atoms with Crippen LogP contribution in [-0.2, 0) is 20.7 Å². The average molecular weight is 409 g/mol. The van der Waals surface area contributed by atoms with Crippen molar-refractivity contribution in [3.8, 4) is 0 Å². The molecule has 6 rings (SSSR count). The number of ether oxygens (including phenoxy) is 1. The molecule has 158 valence electrons. The summed E-state index contributed by atoms with van der Waals surface area (Å²) >= 11 is 0. The van der Waals surface area contributed by atoms with Crippen LogP contribution in [0.2, 0.25) is 0 Å². The Kier molecular flexibility index (Phi) is 4.76. The zero-order chi connectivity index (χ0) is 20.7. The smallest absolute Gasteiger partial charge is 0.321 e. The molecule has 7 nitrogen and oxygen atoms in total. The molecule has 0 unspecified atom stereocenters.